The van der Waals surface area contributed by atoms with E-state index in [0.29, 0.717) is 31.0 Å². The Morgan fingerprint density at radius 3 is 2.49 bits per heavy atom. The molecular formula is C31H31ClFN3O4S. The van der Waals surface area contributed by atoms with Crippen LogP contribution in [-0.2, 0) is 14.6 Å². The largest absolute Gasteiger partial charge is 0.440 e. The molecule has 0 bridgehead atoms. The summed E-state index contributed by atoms with van der Waals surface area (Å²) in [6, 6.07) is 14.4. The molecule has 0 spiro atoms. The number of anilines is 1. The molecule has 3 fully saturated rings. The van der Waals surface area contributed by atoms with E-state index in [1.54, 1.807) is 6.07 Å². The van der Waals surface area contributed by atoms with Crippen molar-refractivity contribution in [3.63, 3.8) is 0 Å². The van der Waals surface area contributed by atoms with Gasteiger partial charge in [0.05, 0.1) is 28.6 Å². The van der Waals surface area contributed by atoms with Gasteiger partial charge in [-0.2, -0.15) is 5.26 Å². The third-order valence-corrected chi connectivity index (χ3v) is 10.6. The smallest absolute Gasteiger partial charge is 0.229 e. The summed E-state index contributed by atoms with van der Waals surface area (Å²) in [4.78, 5) is 20.4. The van der Waals surface area contributed by atoms with E-state index in [4.69, 9.17) is 21.0 Å². The van der Waals surface area contributed by atoms with Crippen molar-refractivity contribution < 1.29 is 22.0 Å². The zero-order valence-corrected chi connectivity index (χ0v) is 24.2. The molecule has 3 aromatic rings. The molecule has 2 saturated carbocycles. The first kappa shape index (κ1) is 27.9. The summed E-state index contributed by atoms with van der Waals surface area (Å²) < 4.78 is 45.0. The van der Waals surface area contributed by atoms with Crippen LogP contribution < -0.4 is 4.90 Å². The average Bonchev–Trinajstić information content (AvgIpc) is 3.60. The predicted octanol–water partition coefficient (Wildman–Crippen LogP) is 6.57. The maximum atomic E-state index is 15.0. The van der Waals surface area contributed by atoms with E-state index < -0.39 is 21.1 Å². The van der Waals surface area contributed by atoms with Gasteiger partial charge in [0.1, 0.15) is 23.1 Å². The highest BCUT2D eigenvalue weighted by Crippen LogP contribution is 2.51. The second-order valence-electron chi connectivity index (χ2n) is 11.6. The Hall–Kier alpha value is -3.22. The van der Waals surface area contributed by atoms with Gasteiger partial charge in [0.15, 0.2) is 9.84 Å². The van der Waals surface area contributed by atoms with Gasteiger partial charge in [0.2, 0.25) is 5.89 Å². The number of nitriles is 1. The van der Waals surface area contributed by atoms with Crippen LogP contribution in [0.4, 0.5) is 10.1 Å². The van der Waals surface area contributed by atoms with Gasteiger partial charge < -0.3 is 9.32 Å². The van der Waals surface area contributed by atoms with Gasteiger partial charge in [0.25, 0.3) is 0 Å². The van der Waals surface area contributed by atoms with Gasteiger partial charge in [-0.3, -0.25) is 4.79 Å². The van der Waals surface area contributed by atoms with E-state index in [1.807, 2.05) is 29.2 Å². The van der Waals surface area contributed by atoms with Crippen LogP contribution in [-0.4, -0.2) is 43.8 Å². The molecule has 2 heterocycles. The molecule has 2 aromatic carbocycles. The summed E-state index contributed by atoms with van der Waals surface area (Å²) in [6.07, 6.45) is 5.08. The number of carbonyl (C=O) groups excluding carboxylic acids is 1. The number of halogens is 2. The van der Waals surface area contributed by atoms with E-state index >= 15 is 0 Å². The molecule has 1 saturated heterocycles. The van der Waals surface area contributed by atoms with Crippen LogP contribution in [0.2, 0.25) is 5.02 Å². The third kappa shape index (κ3) is 5.77. The van der Waals surface area contributed by atoms with E-state index in [-0.39, 0.29) is 52.0 Å². The van der Waals surface area contributed by atoms with Crippen molar-refractivity contribution in [2.24, 2.45) is 11.3 Å². The highest BCUT2D eigenvalue weighted by Gasteiger charge is 2.47. The number of hydrogen-bond acceptors (Lipinski definition) is 7. The number of Topliss-reactive ketones (excluding diaryl/α,β-unsaturated/α-hetero) is 1. The Bertz CT molecular complexity index is 1610. The molecule has 1 aromatic heterocycles. The zero-order chi connectivity index (χ0) is 28.8. The molecule has 10 heteroatoms. The van der Waals surface area contributed by atoms with Gasteiger partial charge >= 0.3 is 0 Å². The van der Waals surface area contributed by atoms with Crippen LogP contribution in [0.15, 0.2) is 46.9 Å². The van der Waals surface area contributed by atoms with Gasteiger partial charge in [-0.05, 0) is 56.0 Å². The fourth-order valence-electron chi connectivity index (χ4n) is 6.14. The molecular weight excluding hydrogens is 565 g/mol. The van der Waals surface area contributed by atoms with Crippen LogP contribution in [0.1, 0.15) is 56.6 Å². The minimum atomic E-state index is -2.99. The minimum absolute atomic E-state index is 0.0886. The maximum Gasteiger partial charge on any atom is 0.229 e. The van der Waals surface area contributed by atoms with Crippen molar-refractivity contribution in [1.29, 1.82) is 5.26 Å². The van der Waals surface area contributed by atoms with Gasteiger partial charge in [-0.15, -0.1) is 0 Å². The number of oxazole rings is 1. The molecule has 7 nitrogen and oxygen atoms in total. The van der Waals surface area contributed by atoms with Crippen LogP contribution in [0.5, 0.6) is 0 Å². The Morgan fingerprint density at radius 1 is 1.12 bits per heavy atom. The Morgan fingerprint density at radius 2 is 1.83 bits per heavy atom. The summed E-state index contributed by atoms with van der Waals surface area (Å²) in [5.74, 6) is -0.0416. The summed E-state index contributed by atoms with van der Waals surface area (Å²) in [6.45, 7) is 0.875. The first-order valence-electron chi connectivity index (χ1n) is 14.1. The van der Waals surface area contributed by atoms with E-state index in [0.717, 1.165) is 43.4 Å². The SMILES string of the molecule is N#CC1(CC(=O)[C@@H]2CCCC[C@H]2c2oc(-c3ccc(Cl)cc3F)nc2-c2ccc(N3CCS(=O)(=O)CC3)cc2)CC1. The molecule has 41 heavy (non-hydrogen) atoms. The molecule has 0 N–H and O–H groups in total. The zero-order valence-electron chi connectivity index (χ0n) is 22.6. The number of aromatic nitrogens is 1. The lowest BCUT2D eigenvalue weighted by Gasteiger charge is -2.30. The lowest BCUT2D eigenvalue weighted by atomic mass is 9.73. The monoisotopic (exact) mass is 595 g/mol. The van der Waals surface area contributed by atoms with Gasteiger partial charge in [0, 0.05) is 47.6 Å². The van der Waals surface area contributed by atoms with Crippen LogP contribution >= 0.6 is 11.6 Å². The van der Waals surface area contributed by atoms with E-state index in [2.05, 4.69) is 6.07 Å². The second kappa shape index (κ2) is 10.9. The van der Waals surface area contributed by atoms with Crippen LogP contribution in [0, 0.1) is 28.5 Å². The topological polar surface area (TPSA) is 104 Å². The molecule has 2 aliphatic carbocycles. The lowest BCUT2D eigenvalue weighted by molar-refractivity contribution is -0.125. The highest BCUT2D eigenvalue weighted by atomic mass is 35.5. The molecule has 6 rings (SSSR count). The van der Waals surface area contributed by atoms with Crippen molar-refractivity contribution in [3.05, 3.63) is 59.1 Å². The summed E-state index contributed by atoms with van der Waals surface area (Å²) in [5.41, 5.74) is 1.91. The average molecular weight is 596 g/mol. The summed E-state index contributed by atoms with van der Waals surface area (Å²) in [7, 11) is -2.99. The number of rotatable bonds is 7. The number of hydrogen-bond donors (Lipinski definition) is 0. The number of benzene rings is 2. The molecule has 0 amide bonds. The van der Waals surface area contributed by atoms with Crippen molar-refractivity contribution in [3.8, 4) is 28.8 Å². The quantitative estimate of drug-likeness (QED) is 0.304. The summed E-state index contributed by atoms with van der Waals surface area (Å²) in [5, 5.41) is 9.86. The highest BCUT2D eigenvalue weighted by molar-refractivity contribution is 7.91. The van der Waals surface area contributed by atoms with E-state index in [1.165, 1.54) is 12.1 Å². The Balaban J connectivity index is 1.37. The summed E-state index contributed by atoms with van der Waals surface area (Å²) >= 11 is 5.99. The maximum absolute atomic E-state index is 15.0. The molecule has 1 aliphatic heterocycles. The van der Waals surface area contributed by atoms with Crippen molar-refractivity contribution in [2.75, 3.05) is 29.5 Å². The number of sulfone groups is 1. The standard InChI is InChI=1S/C31H31ClFN3O4S/c32-21-7-10-25(26(33)17-21)30-35-28(20-5-8-22(9-6-20)36-13-15-41(38,39)16-14-36)29(40-30)24-4-2-1-3-23(24)27(37)18-31(19-34)11-12-31/h5-10,17,23-24H,1-4,11-16,18H2/t23-,24-/m1/s1. The van der Waals surface area contributed by atoms with Crippen molar-refractivity contribution in [1.82, 2.24) is 4.98 Å². The Labute approximate surface area is 244 Å². The fraction of sp³-hybridized carbons (Fsp3) is 0.452. The first-order chi connectivity index (χ1) is 19.7. The Kier molecular flexibility index (Phi) is 7.41. The molecule has 214 valence electrons. The third-order valence-electron chi connectivity index (χ3n) is 8.78. The van der Waals surface area contributed by atoms with Crippen LogP contribution in [0.3, 0.4) is 0 Å². The van der Waals surface area contributed by atoms with Crippen molar-refractivity contribution in [2.45, 2.75) is 50.9 Å². The molecule has 0 radical (unpaired) electrons. The van der Waals surface area contributed by atoms with Gasteiger partial charge in [-0.25, -0.2) is 17.8 Å². The molecule has 0 unspecified atom stereocenters. The minimum Gasteiger partial charge on any atom is -0.440 e. The normalized spacial score (nSPS) is 23.1. The number of carbonyl (C=O) groups is 1. The first-order valence-corrected chi connectivity index (χ1v) is 16.3. The predicted molar refractivity (Wildman–Crippen MR) is 155 cm³/mol. The van der Waals surface area contributed by atoms with Crippen LogP contribution in [0.25, 0.3) is 22.7 Å². The second-order valence-corrected chi connectivity index (χ2v) is 14.3. The van der Waals surface area contributed by atoms with Crippen molar-refractivity contribution >= 4 is 32.9 Å². The number of ketones is 1. The lowest BCUT2D eigenvalue weighted by Crippen LogP contribution is -2.40. The van der Waals surface area contributed by atoms with E-state index in [9.17, 15) is 22.9 Å². The number of nitrogens with zero attached hydrogens (tertiary/aromatic N) is 3. The molecule has 2 atom stereocenters. The fourth-order valence-corrected chi connectivity index (χ4v) is 7.50. The van der Waals surface area contributed by atoms with Gasteiger partial charge in [-0.1, -0.05) is 36.6 Å². The molecule has 3 aliphatic rings.